The molecule has 1 aromatic heterocycles. The number of carbonyl (C=O) groups is 1. The van der Waals surface area contributed by atoms with Crippen molar-refractivity contribution in [1.82, 2.24) is 9.97 Å². The number of aryl methyl sites for hydroxylation is 2. The fourth-order valence-corrected chi connectivity index (χ4v) is 4.50. The fourth-order valence-electron chi connectivity index (χ4n) is 2.67. The summed E-state index contributed by atoms with van der Waals surface area (Å²) in [6.07, 6.45) is 0. The van der Waals surface area contributed by atoms with Crippen LogP contribution in [0.25, 0.3) is 0 Å². The van der Waals surface area contributed by atoms with Gasteiger partial charge in [0.05, 0.1) is 10.1 Å². The summed E-state index contributed by atoms with van der Waals surface area (Å²) in [5.74, 6) is -0.141. The molecule has 156 valence electrons. The molecule has 1 atom stereocenters. The average Bonchev–Trinajstić information content (AvgIpc) is 2.68. The topological polar surface area (TPSA) is 101 Å². The van der Waals surface area contributed by atoms with Crippen LogP contribution in [0.2, 0.25) is 0 Å². The van der Waals surface area contributed by atoms with E-state index >= 15 is 0 Å². The Morgan fingerprint density at radius 2 is 1.57 bits per heavy atom. The lowest BCUT2D eigenvalue weighted by Crippen LogP contribution is -2.22. The highest BCUT2D eigenvalue weighted by molar-refractivity contribution is 8.00. The molecule has 0 saturated heterocycles. The van der Waals surface area contributed by atoms with E-state index < -0.39 is 10.0 Å². The summed E-state index contributed by atoms with van der Waals surface area (Å²) >= 11 is 1.45. The molecule has 1 unspecified atom stereocenters. The molecule has 0 spiro atoms. The second-order valence-corrected chi connectivity index (χ2v) is 9.76. The van der Waals surface area contributed by atoms with Gasteiger partial charge in [-0.05, 0) is 63.2 Å². The van der Waals surface area contributed by atoms with Crippen LogP contribution in [0.15, 0.2) is 70.5 Å². The van der Waals surface area contributed by atoms with Gasteiger partial charge in [0.2, 0.25) is 11.9 Å². The molecule has 0 aliphatic carbocycles. The van der Waals surface area contributed by atoms with E-state index in [-0.39, 0.29) is 22.0 Å². The quantitative estimate of drug-likeness (QED) is 0.536. The predicted octanol–water partition coefficient (Wildman–Crippen LogP) is 4.01. The lowest BCUT2D eigenvalue weighted by Gasteiger charge is -2.13. The number of nitrogens with one attached hydrogen (secondary N) is 2. The molecule has 7 nitrogen and oxygen atoms in total. The molecule has 3 rings (SSSR count). The Morgan fingerprint density at radius 1 is 0.967 bits per heavy atom. The minimum Gasteiger partial charge on any atom is -0.325 e. The highest BCUT2D eigenvalue weighted by atomic mass is 32.2. The molecule has 3 aromatic rings. The molecule has 1 heterocycles. The van der Waals surface area contributed by atoms with E-state index in [1.807, 2.05) is 37.3 Å². The summed E-state index contributed by atoms with van der Waals surface area (Å²) in [5, 5.41) is 2.50. The predicted molar refractivity (Wildman–Crippen MR) is 119 cm³/mol. The van der Waals surface area contributed by atoms with E-state index in [0.717, 1.165) is 4.90 Å². The van der Waals surface area contributed by atoms with Crippen molar-refractivity contribution >= 4 is 39.3 Å². The number of aromatic nitrogens is 2. The molecule has 0 aliphatic heterocycles. The van der Waals surface area contributed by atoms with Gasteiger partial charge in [0.1, 0.15) is 0 Å². The smallest absolute Gasteiger partial charge is 0.264 e. The van der Waals surface area contributed by atoms with E-state index in [2.05, 4.69) is 20.0 Å². The van der Waals surface area contributed by atoms with Gasteiger partial charge >= 0.3 is 0 Å². The second kappa shape index (κ2) is 9.27. The molecule has 30 heavy (non-hydrogen) atoms. The van der Waals surface area contributed by atoms with Crippen molar-refractivity contribution in [2.45, 2.75) is 35.8 Å². The minimum absolute atomic E-state index is 0.0247. The number of nitrogens with zero attached hydrogens (tertiary/aromatic N) is 2. The summed E-state index contributed by atoms with van der Waals surface area (Å²) in [6, 6.07) is 17.4. The monoisotopic (exact) mass is 442 g/mol. The first-order valence-corrected chi connectivity index (χ1v) is 11.6. The van der Waals surface area contributed by atoms with Gasteiger partial charge in [-0.2, -0.15) is 0 Å². The number of thioether (sulfide) groups is 1. The van der Waals surface area contributed by atoms with Gasteiger partial charge in [-0.15, -0.1) is 11.8 Å². The third kappa shape index (κ3) is 5.80. The van der Waals surface area contributed by atoms with E-state index in [1.54, 1.807) is 32.0 Å². The molecule has 2 aromatic carbocycles. The van der Waals surface area contributed by atoms with Crippen LogP contribution in [0, 0.1) is 13.8 Å². The molecule has 0 bridgehead atoms. The second-order valence-electron chi connectivity index (χ2n) is 6.67. The normalized spacial score (nSPS) is 12.2. The maximum Gasteiger partial charge on any atom is 0.264 e. The average molecular weight is 443 g/mol. The molecular formula is C21H22N4O3S2. The van der Waals surface area contributed by atoms with Gasteiger partial charge < -0.3 is 5.32 Å². The zero-order chi connectivity index (χ0) is 21.7. The van der Waals surface area contributed by atoms with Crippen molar-refractivity contribution in [2.75, 3.05) is 10.0 Å². The minimum atomic E-state index is -3.84. The van der Waals surface area contributed by atoms with Crippen molar-refractivity contribution in [1.29, 1.82) is 0 Å². The molecule has 0 saturated carbocycles. The standard InChI is InChI=1S/C21H22N4O3S2/c1-14-13-15(2)23-21(22-14)25-30(27,28)19-11-9-17(10-12-19)24-20(26)16(3)29-18-7-5-4-6-8-18/h4-13,16H,1-3H3,(H,24,26)(H,22,23,25). The Bertz CT molecular complexity index is 1110. The highest BCUT2D eigenvalue weighted by Crippen LogP contribution is 2.24. The first-order valence-electron chi connectivity index (χ1n) is 9.21. The van der Waals surface area contributed by atoms with Gasteiger partial charge in [-0.25, -0.2) is 23.1 Å². The summed E-state index contributed by atoms with van der Waals surface area (Å²) < 4.78 is 27.6. The van der Waals surface area contributed by atoms with Crippen LogP contribution in [0.4, 0.5) is 11.6 Å². The largest absolute Gasteiger partial charge is 0.325 e. The SMILES string of the molecule is Cc1cc(C)nc(NS(=O)(=O)c2ccc(NC(=O)C(C)Sc3ccccc3)cc2)n1. The number of hydrogen-bond donors (Lipinski definition) is 2. The Labute approximate surface area is 180 Å². The number of benzene rings is 2. The molecular weight excluding hydrogens is 420 g/mol. The lowest BCUT2D eigenvalue weighted by molar-refractivity contribution is -0.115. The third-order valence-electron chi connectivity index (χ3n) is 4.07. The molecule has 2 N–H and O–H groups in total. The van der Waals surface area contributed by atoms with E-state index in [4.69, 9.17) is 0 Å². The van der Waals surface area contributed by atoms with Crippen molar-refractivity contribution in [3.05, 3.63) is 72.1 Å². The van der Waals surface area contributed by atoms with Crippen LogP contribution in [-0.4, -0.2) is 29.5 Å². The number of sulfonamides is 1. The van der Waals surface area contributed by atoms with Crippen LogP contribution in [0.1, 0.15) is 18.3 Å². The number of rotatable bonds is 7. The van der Waals surface area contributed by atoms with E-state index in [0.29, 0.717) is 17.1 Å². The molecule has 0 fully saturated rings. The Kier molecular flexibility index (Phi) is 6.73. The first-order chi connectivity index (χ1) is 14.2. The Hall–Kier alpha value is -2.91. The van der Waals surface area contributed by atoms with Crippen molar-refractivity contribution in [2.24, 2.45) is 0 Å². The molecule has 0 radical (unpaired) electrons. The van der Waals surface area contributed by atoms with Crippen LogP contribution in [0.5, 0.6) is 0 Å². The van der Waals surface area contributed by atoms with Crippen LogP contribution < -0.4 is 10.0 Å². The van der Waals surface area contributed by atoms with Crippen LogP contribution >= 0.6 is 11.8 Å². The van der Waals surface area contributed by atoms with E-state index in [9.17, 15) is 13.2 Å². The fraction of sp³-hybridized carbons (Fsp3) is 0.190. The number of amides is 1. The van der Waals surface area contributed by atoms with Gasteiger partial charge in [-0.3, -0.25) is 4.79 Å². The lowest BCUT2D eigenvalue weighted by atomic mass is 10.3. The van der Waals surface area contributed by atoms with E-state index in [1.165, 1.54) is 23.9 Å². The summed E-state index contributed by atoms with van der Waals surface area (Å²) in [6.45, 7) is 5.35. The maximum absolute atomic E-state index is 12.6. The molecule has 9 heteroatoms. The Morgan fingerprint density at radius 3 is 2.17 bits per heavy atom. The van der Waals surface area contributed by atoms with Gasteiger partial charge in [0.15, 0.2) is 0 Å². The van der Waals surface area contributed by atoms with Crippen LogP contribution in [0.3, 0.4) is 0 Å². The number of hydrogen-bond acceptors (Lipinski definition) is 6. The maximum atomic E-state index is 12.6. The molecule has 0 aliphatic rings. The zero-order valence-electron chi connectivity index (χ0n) is 16.8. The van der Waals surface area contributed by atoms with Crippen LogP contribution in [-0.2, 0) is 14.8 Å². The zero-order valence-corrected chi connectivity index (χ0v) is 18.4. The Balaban J connectivity index is 1.65. The van der Waals surface area contributed by atoms with Crippen molar-refractivity contribution in [3.63, 3.8) is 0 Å². The van der Waals surface area contributed by atoms with Gasteiger partial charge in [0.25, 0.3) is 10.0 Å². The summed E-state index contributed by atoms with van der Waals surface area (Å²) in [4.78, 5) is 21.7. The molecule has 1 amide bonds. The highest BCUT2D eigenvalue weighted by Gasteiger charge is 2.18. The number of carbonyl (C=O) groups excluding carboxylic acids is 1. The van der Waals surface area contributed by atoms with Crippen molar-refractivity contribution in [3.8, 4) is 0 Å². The summed E-state index contributed by atoms with van der Waals surface area (Å²) in [7, 11) is -3.84. The van der Waals surface area contributed by atoms with Crippen molar-refractivity contribution < 1.29 is 13.2 Å². The summed E-state index contributed by atoms with van der Waals surface area (Å²) in [5.41, 5.74) is 1.85. The first kappa shape index (κ1) is 21.8. The van der Waals surface area contributed by atoms with Gasteiger partial charge in [0, 0.05) is 22.0 Å². The third-order valence-corrected chi connectivity index (χ3v) is 6.52. The number of anilines is 2. The van der Waals surface area contributed by atoms with Gasteiger partial charge in [-0.1, -0.05) is 18.2 Å².